The lowest BCUT2D eigenvalue weighted by Crippen LogP contribution is -2.51. The van der Waals surface area contributed by atoms with Gasteiger partial charge in [-0.25, -0.2) is 4.39 Å². The quantitative estimate of drug-likeness (QED) is 0.812. The molecule has 116 valence electrons. The first-order valence-electron chi connectivity index (χ1n) is 7.77. The van der Waals surface area contributed by atoms with Gasteiger partial charge in [0.05, 0.1) is 18.8 Å². The number of ether oxygens (including phenoxy) is 1. The number of nitrogens with zero attached hydrogens (tertiary/aromatic N) is 1. The number of hydrogen-bond donors (Lipinski definition) is 0. The van der Waals surface area contributed by atoms with E-state index in [4.69, 9.17) is 9.15 Å². The van der Waals surface area contributed by atoms with Crippen LogP contribution in [-0.2, 0) is 4.74 Å². The topological polar surface area (TPSA) is 42.7 Å². The smallest absolute Gasteiger partial charge is 0.290 e. The second-order valence-corrected chi connectivity index (χ2v) is 6.08. The number of carbonyl (C=O) groups excluding carboxylic acids is 1. The standard InChI is InChI=1S/C17H18FNO3/c1-10-11-4-2-5-12(18)16(11)22-15(10)17(20)19-8-9-21-14-7-3-6-13(14)19/h2,4-5,13-14H,3,6-9H2,1H3. The van der Waals surface area contributed by atoms with Crippen molar-refractivity contribution in [1.29, 1.82) is 0 Å². The Hall–Kier alpha value is -1.88. The summed E-state index contributed by atoms with van der Waals surface area (Å²) in [5.41, 5.74) is 0.875. The number of carbonyl (C=O) groups is 1. The molecule has 2 heterocycles. The lowest BCUT2D eigenvalue weighted by molar-refractivity contribution is -0.0454. The molecule has 2 aliphatic rings. The number of aryl methyl sites for hydroxylation is 1. The van der Waals surface area contributed by atoms with Crippen LogP contribution in [0.5, 0.6) is 0 Å². The van der Waals surface area contributed by atoms with E-state index < -0.39 is 5.82 Å². The van der Waals surface area contributed by atoms with Gasteiger partial charge in [-0.05, 0) is 32.3 Å². The molecule has 0 spiro atoms. The molecule has 0 radical (unpaired) electrons. The van der Waals surface area contributed by atoms with Crippen molar-refractivity contribution in [2.75, 3.05) is 13.2 Å². The summed E-state index contributed by atoms with van der Waals surface area (Å²) in [4.78, 5) is 14.7. The summed E-state index contributed by atoms with van der Waals surface area (Å²) < 4.78 is 25.2. The molecule has 5 heteroatoms. The molecule has 2 fully saturated rings. The fourth-order valence-electron chi connectivity index (χ4n) is 3.72. The first kappa shape index (κ1) is 13.8. The van der Waals surface area contributed by atoms with E-state index in [-0.39, 0.29) is 29.4 Å². The number of hydrogen-bond acceptors (Lipinski definition) is 3. The molecular formula is C17H18FNO3. The first-order chi connectivity index (χ1) is 10.7. The van der Waals surface area contributed by atoms with Crippen LogP contribution in [0.25, 0.3) is 11.0 Å². The van der Waals surface area contributed by atoms with Crippen LogP contribution in [0.4, 0.5) is 4.39 Å². The van der Waals surface area contributed by atoms with E-state index in [9.17, 15) is 9.18 Å². The zero-order valence-electron chi connectivity index (χ0n) is 12.5. The Labute approximate surface area is 127 Å². The number of morpholine rings is 1. The minimum Gasteiger partial charge on any atom is -0.448 e. The molecule has 22 heavy (non-hydrogen) atoms. The third-order valence-electron chi connectivity index (χ3n) is 4.85. The maximum Gasteiger partial charge on any atom is 0.290 e. The summed E-state index contributed by atoms with van der Waals surface area (Å²) in [6, 6.07) is 4.89. The Morgan fingerprint density at radius 3 is 3.05 bits per heavy atom. The number of rotatable bonds is 1. The molecule has 4 rings (SSSR count). The van der Waals surface area contributed by atoms with E-state index >= 15 is 0 Å². The van der Waals surface area contributed by atoms with Gasteiger partial charge in [0.25, 0.3) is 5.91 Å². The molecule has 0 bridgehead atoms. The van der Waals surface area contributed by atoms with Gasteiger partial charge in [0.15, 0.2) is 17.2 Å². The number of fused-ring (bicyclic) bond motifs is 2. The molecule has 1 aromatic carbocycles. The van der Waals surface area contributed by atoms with Crippen LogP contribution in [0.3, 0.4) is 0 Å². The molecule has 1 aliphatic heterocycles. The summed E-state index contributed by atoms with van der Waals surface area (Å²) >= 11 is 0. The van der Waals surface area contributed by atoms with E-state index in [1.54, 1.807) is 12.1 Å². The molecule has 0 N–H and O–H groups in total. The lowest BCUT2D eigenvalue weighted by atomic mass is 10.1. The normalized spacial score (nSPS) is 24.7. The van der Waals surface area contributed by atoms with E-state index in [1.807, 2.05) is 11.8 Å². The van der Waals surface area contributed by atoms with Crippen molar-refractivity contribution in [3.8, 4) is 0 Å². The SMILES string of the molecule is Cc1c(C(=O)N2CCOC3CCCC32)oc2c(F)cccc12. The number of para-hydroxylation sites is 1. The third kappa shape index (κ3) is 1.96. The maximum absolute atomic E-state index is 13.9. The minimum atomic E-state index is -0.430. The van der Waals surface area contributed by atoms with Crippen LogP contribution in [0.1, 0.15) is 35.4 Å². The monoisotopic (exact) mass is 303 g/mol. The average Bonchev–Trinajstić information content (AvgIpc) is 3.12. The van der Waals surface area contributed by atoms with Crippen molar-refractivity contribution in [1.82, 2.24) is 4.90 Å². The molecule has 1 aliphatic carbocycles. The van der Waals surface area contributed by atoms with Gasteiger partial charge in [-0.15, -0.1) is 0 Å². The highest BCUT2D eigenvalue weighted by atomic mass is 19.1. The van der Waals surface area contributed by atoms with Crippen LogP contribution in [-0.4, -0.2) is 36.1 Å². The van der Waals surface area contributed by atoms with Crippen molar-refractivity contribution in [3.63, 3.8) is 0 Å². The molecule has 1 saturated carbocycles. The summed E-state index contributed by atoms with van der Waals surface area (Å²) in [6.07, 6.45) is 3.18. The molecule has 4 nitrogen and oxygen atoms in total. The predicted molar refractivity (Wildman–Crippen MR) is 79.3 cm³/mol. The van der Waals surface area contributed by atoms with Gasteiger partial charge in [0, 0.05) is 17.5 Å². The summed E-state index contributed by atoms with van der Waals surface area (Å²) in [5, 5.41) is 0.666. The Morgan fingerprint density at radius 1 is 1.36 bits per heavy atom. The zero-order valence-corrected chi connectivity index (χ0v) is 12.5. The van der Waals surface area contributed by atoms with E-state index in [0.29, 0.717) is 24.1 Å². The molecular weight excluding hydrogens is 285 g/mol. The first-order valence-corrected chi connectivity index (χ1v) is 7.77. The van der Waals surface area contributed by atoms with Crippen molar-refractivity contribution >= 4 is 16.9 Å². The Kier molecular flexibility index (Phi) is 3.18. The molecule has 2 aromatic rings. The van der Waals surface area contributed by atoms with E-state index in [1.165, 1.54) is 6.07 Å². The molecule has 1 aromatic heterocycles. The highest BCUT2D eigenvalue weighted by Crippen LogP contribution is 2.33. The fourth-order valence-corrected chi connectivity index (χ4v) is 3.72. The number of amides is 1. The van der Waals surface area contributed by atoms with Gasteiger partial charge in [0.1, 0.15) is 0 Å². The van der Waals surface area contributed by atoms with Crippen LogP contribution in [0.15, 0.2) is 22.6 Å². The van der Waals surface area contributed by atoms with Crippen molar-refractivity contribution < 1.29 is 18.3 Å². The highest BCUT2D eigenvalue weighted by molar-refractivity contribution is 5.99. The maximum atomic E-state index is 13.9. The molecule has 1 saturated heterocycles. The number of furan rings is 1. The van der Waals surface area contributed by atoms with Gasteiger partial charge < -0.3 is 14.1 Å². The van der Waals surface area contributed by atoms with Gasteiger partial charge in [-0.2, -0.15) is 0 Å². The van der Waals surface area contributed by atoms with Gasteiger partial charge in [-0.1, -0.05) is 12.1 Å². The van der Waals surface area contributed by atoms with Gasteiger partial charge >= 0.3 is 0 Å². The van der Waals surface area contributed by atoms with Crippen LogP contribution in [0.2, 0.25) is 0 Å². The lowest BCUT2D eigenvalue weighted by Gasteiger charge is -2.37. The zero-order chi connectivity index (χ0) is 15.3. The van der Waals surface area contributed by atoms with Gasteiger partial charge in [0.2, 0.25) is 0 Å². The predicted octanol–water partition coefficient (Wildman–Crippen LogP) is 3.27. The van der Waals surface area contributed by atoms with Crippen molar-refractivity contribution in [2.45, 2.75) is 38.3 Å². The van der Waals surface area contributed by atoms with E-state index in [2.05, 4.69) is 0 Å². The van der Waals surface area contributed by atoms with Crippen LogP contribution in [0, 0.1) is 12.7 Å². The number of benzene rings is 1. The molecule has 2 unspecified atom stereocenters. The van der Waals surface area contributed by atoms with Crippen molar-refractivity contribution in [2.24, 2.45) is 0 Å². The van der Waals surface area contributed by atoms with Crippen molar-refractivity contribution in [3.05, 3.63) is 35.3 Å². The number of halogens is 1. The van der Waals surface area contributed by atoms with Crippen LogP contribution >= 0.6 is 0 Å². The Morgan fingerprint density at radius 2 is 2.23 bits per heavy atom. The summed E-state index contributed by atoms with van der Waals surface area (Å²) in [5.74, 6) is -0.318. The Bertz CT molecular complexity index is 739. The molecule has 2 atom stereocenters. The minimum absolute atomic E-state index is 0.124. The summed E-state index contributed by atoms with van der Waals surface area (Å²) in [7, 11) is 0. The second kappa shape index (κ2) is 5.09. The second-order valence-electron chi connectivity index (χ2n) is 6.08. The van der Waals surface area contributed by atoms with Crippen LogP contribution < -0.4 is 0 Å². The highest BCUT2D eigenvalue weighted by Gasteiger charge is 2.40. The molecule has 1 amide bonds. The largest absolute Gasteiger partial charge is 0.448 e. The fraction of sp³-hybridized carbons (Fsp3) is 0.471. The van der Waals surface area contributed by atoms with E-state index in [0.717, 1.165) is 19.3 Å². The third-order valence-corrected chi connectivity index (χ3v) is 4.85. The average molecular weight is 303 g/mol. The Balaban J connectivity index is 1.73. The van der Waals surface area contributed by atoms with Gasteiger partial charge in [-0.3, -0.25) is 4.79 Å². The summed E-state index contributed by atoms with van der Waals surface area (Å²) in [6.45, 7) is 2.94.